The fourth-order valence-corrected chi connectivity index (χ4v) is 1.48. The van der Waals surface area contributed by atoms with Crippen LogP contribution in [0.1, 0.15) is 0 Å². The Balaban J connectivity index is 2.93. The SMILES string of the molecule is O=CC#COS(=O)(=O)c1ccccc1. The number of carbonyl (C=O) groups excluding carboxylic acids is 1. The predicted molar refractivity (Wildman–Crippen MR) is 48.6 cm³/mol. The molecule has 0 bridgehead atoms. The molecule has 0 radical (unpaired) electrons. The van der Waals surface area contributed by atoms with E-state index in [4.69, 9.17) is 0 Å². The highest BCUT2D eigenvalue weighted by atomic mass is 32.2. The number of hydrogen-bond donors (Lipinski definition) is 0. The summed E-state index contributed by atoms with van der Waals surface area (Å²) in [5.41, 5.74) is 0. The quantitative estimate of drug-likeness (QED) is 0.406. The van der Waals surface area contributed by atoms with Crippen LogP contribution >= 0.6 is 0 Å². The van der Waals surface area contributed by atoms with Crippen LogP contribution in [-0.2, 0) is 19.1 Å². The molecule has 0 aliphatic rings. The number of hydrogen-bond acceptors (Lipinski definition) is 4. The number of benzene rings is 1. The topological polar surface area (TPSA) is 60.4 Å². The Morgan fingerprint density at radius 1 is 1.21 bits per heavy atom. The van der Waals surface area contributed by atoms with Gasteiger partial charge in [-0.25, -0.2) is 0 Å². The molecule has 1 aromatic rings. The van der Waals surface area contributed by atoms with E-state index in [2.05, 4.69) is 4.18 Å². The summed E-state index contributed by atoms with van der Waals surface area (Å²) in [6, 6.07) is 7.54. The van der Waals surface area contributed by atoms with Gasteiger partial charge in [-0.15, -0.1) is 0 Å². The Bertz CT molecular complexity index is 465. The summed E-state index contributed by atoms with van der Waals surface area (Å²) in [5.74, 6) is 1.84. The minimum absolute atomic E-state index is 0.000184. The number of carbonyl (C=O) groups is 1. The molecule has 0 atom stereocenters. The summed E-state index contributed by atoms with van der Waals surface area (Å²) in [6.07, 6.45) is 2.02. The lowest BCUT2D eigenvalue weighted by Crippen LogP contribution is -2.01. The highest BCUT2D eigenvalue weighted by molar-refractivity contribution is 7.86. The van der Waals surface area contributed by atoms with E-state index in [0.717, 1.165) is 0 Å². The molecule has 14 heavy (non-hydrogen) atoms. The van der Waals surface area contributed by atoms with Crippen LogP contribution < -0.4 is 0 Å². The van der Waals surface area contributed by atoms with E-state index in [-0.39, 0.29) is 11.2 Å². The first-order chi connectivity index (χ1) is 6.67. The minimum Gasteiger partial charge on any atom is -0.324 e. The Kier molecular flexibility index (Phi) is 3.26. The van der Waals surface area contributed by atoms with Gasteiger partial charge in [0.2, 0.25) is 0 Å². The molecular weight excluding hydrogens is 204 g/mol. The Hall–Kier alpha value is -1.80. The second-order valence-corrected chi connectivity index (χ2v) is 3.76. The molecule has 0 spiro atoms. The van der Waals surface area contributed by atoms with Gasteiger partial charge >= 0.3 is 10.1 Å². The van der Waals surface area contributed by atoms with Crippen molar-refractivity contribution in [2.24, 2.45) is 0 Å². The molecule has 0 aliphatic carbocycles. The number of aldehydes is 1. The van der Waals surface area contributed by atoms with Crippen LogP contribution in [0, 0.1) is 12.0 Å². The highest BCUT2D eigenvalue weighted by Crippen LogP contribution is 2.09. The van der Waals surface area contributed by atoms with Crippen LogP contribution in [0.5, 0.6) is 0 Å². The third kappa shape index (κ3) is 2.61. The lowest BCUT2D eigenvalue weighted by molar-refractivity contribution is -0.103. The van der Waals surface area contributed by atoms with Crippen molar-refractivity contribution >= 4 is 16.4 Å². The average molecular weight is 210 g/mol. The molecule has 0 amide bonds. The molecular formula is C9H6O4S. The molecule has 1 aromatic carbocycles. The Morgan fingerprint density at radius 3 is 2.43 bits per heavy atom. The first-order valence-electron chi connectivity index (χ1n) is 3.59. The second kappa shape index (κ2) is 4.44. The van der Waals surface area contributed by atoms with Crippen molar-refractivity contribution in [2.75, 3.05) is 0 Å². The van der Waals surface area contributed by atoms with Gasteiger partial charge in [-0.1, -0.05) is 18.2 Å². The lowest BCUT2D eigenvalue weighted by atomic mass is 10.4. The molecule has 0 aromatic heterocycles. The monoisotopic (exact) mass is 210 g/mol. The first kappa shape index (κ1) is 10.3. The van der Waals surface area contributed by atoms with Crippen LogP contribution in [0.15, 0.2) is 35.2 Å². The normalized spacial score (nSPS) is 9.71. The lowest BCUT2D eigenvalue weighted by Gasteiger charge is -1.98. The van der Waals surface area contributed by atoms with Crippen LogP contribution in [-0.4, -0.2) is 14.7 Å². The zero-order chi connectivity index (χ0) is 10.4. The van der Waals surface area contributed by atoms with E-state index < -0.39 is 10.1 Å². The molecule has 4 nitrogen and oxygen atoms in total. The third-order valence-corrected chi connectivity index (χ3v) is 2.45. The van der Waals surface area contributed by atoms with Crippen molar-refractivity contribution in [1.29, 1.82) is 0 Å². The molecule has 0 N–H and O–H groups in total. The van der Waals surface area contributed by atoms with Crippen molar-refractivity contribution in [3.05, 3.63) is 30.3 Å². The second-order valence-electron chi connectivity index (χ2n) is 2.21. The van der Waals surface area contributed by atoms with Crippen molar-refractivity contribution in [1.82, 2.24) is 0 Å². The van der Waals surface area contributed by atoms with Crippen molar-refractivity contribution in [2.45, 2.75) is 4.90 Å². The summed E-state index contributed by atoms with van der Waals surface area (Å²) >= 11 is 0. The molecule has 0 aliphatic heterocycles. The maximum Gasteiger partial charge on any atom is 0.347 e. The van der Waals surface area contributed by atoms with E-state index in [1.807, 2.05) is 5.92 Å². The van der Waals surface area contributed by atoms with Crippen LogP contribution in [0.3, 0.4) is 0 Å². The van der Waals surface area contributed by atoms with Gasteiger partial charge in [0.25, 0.3) is 0 Å². The van der Waals surface area contributed by atoms with Gasteiger partial charge < -0.3 is 4.18 Å². The minimum atomic E-state index is -3.87. The van der Waals surface area contributed by atoms with E-state index in [1.165, 1.54) is 12.1 Å². The summed E-state index contributed by atoms with van der Waals surface area (Å²) in [5, 5.41) is 0. The van der Waals surface area contributed by atoms with E-state index in [9.17, 15) is 13.2 Å². The molecule has 72 valence electrons. The van der Waals surface area contributed by atoms with Crippen molar-refractivity contribution in [3.63, 3.8) is 0 Å². The van der Waals surface area contributed by atoms with Gasteiger partial charge in [0.15, 0.2) is 6.29 Å². The average Bonchev–Trinajstić information content (AvgIpc) is 2.19. The maximum atomic E-state index is 11.3. The summed E-state index contributed by atoms with van der Waals surface area (Å²) in [4.78, 5) is 9.78. The molecule has 0 fully saturated rings. The van der Waals surface area contributed by atoms with Crippen LogP contribution in [0.25, 0.3) is 0 Å². The van der Waals surface area contributed by atoms with E-state index in [0.29, 0.717) is 0 Å². The largest absolute Gasteiger partial charge is 0.347 e. The van der Waals surface area contributed by atoms with Crippen molar-refractivity contribution < 1.29 is 17.4 Å². The molecule has 1 rings (SSSR count). The molecule has 0 saturated heterocycles. The van der Waals surface area contributed by atoms with E-state index >= 15 is 0 Å². The van der Waals surface area contributed by atoms with Gasteiger partial charge in [-0.05, 0) is 12.1 Å². The van der Waals surface area contributed by atoms with Gasteiger partial charge in [0.1, 0.15) is 11.0 Å². The number of rotatable bonds is 2. The molecule has 0 saturated carbocycles. The van der Waals surface area contributed by atoms with Gasteiger partial charge in [0.05, 0.1) is 0 Å². The van der Waals surface area contributed by atoms with Crippen LogP contribution in [0.2, 0.25) is 0 Å². The first-order valence-corrected chi connectivity index (χ1v) is 5.00. The zero-order valence-corrected chi connectivity index (χ0v) is 7.82. The molecule has 0 unspecified atom stereocenters. The van der Waals surface area contributed by atoms with Crippen molar-refractivity contribution in [3.8, 4) is 12.0 Å². The van der Waals surface area contributed by atoms with E-state index in [1.54, 1.807) is 24.3 Å². The summed E-state index contributed by atoms with van der Waals surface area (Å²) < 4.78 is 26.8. The van der Waals surface area contributed by atoms with Gasteiger partial charge in [0, 0.05) is 5.92 Å². The molecule has 0 heterocycles. The Morgan fingerprint density at radius 2 is 1.86 bits per heavy atom. The standard InChI is InChI=1S/C9H6O4S/c10-7-4-8-13-14(11,12)9-5-2-1-3-6-9/h1-3,5-7H. The highest BCUT2D eigenvalue weighted by Gasteiger charge is 2.12. The zero-order valence-electron chi connectivity index (χ0n) is 7.01. The smallest absolute Gasteiger partial charge is 0.324 e. The van der Waals surface area contributed by atoms with Crippen LogP contribution in [0.4, 0.5) is 0 Å². The fourth-order valence-electron chi connectivity index (χ4n) is 0.738. The Labute approximate surface area is 81.6 Å². The molecule has 5 heteroatoms. The maximum absolute atomic E-state index is 11.3. The predicted octanol–water partition coefficient (Wildman–Crippen LogP) is 0.552. The summed E-state index contributed by atoms with van der Waals surface area (Å²) in [7, 11) is -3.87. The van der Waals surface area contributed by atoms with Gasteiger partial charge in [-0.2, -0.15) is 8.42 Å². The summed E-state index contributed by atoms with van der Waals surface area (Å²) in [6.45, 7) is 0. The fraction of sp³-hybridized carbons (Fsp3) is 0. The third-order valence-electron chi connectivity index (χ3n) is 1.30. The van der Waals surface area contributed by atoms with Gasteiger partial charge in [-0.3, -0.25) is 4.79 Å².